The number of ether oxygens (including phenoxy) is 2. The summed E-state index contributed by atoms with van der Waals surface area (Å²) in [6, 6.07) is 12.1. The molecule has 0 saturated carbocycles. The Bertz CT molecular complexity index is 1030. The number of fused-ring (bicyclic) bond motifs is 2. The van der Waals surface area contributed by atoms with Crippen molar-refractivity contribution in [1.29, 1.82) is 0 Å². The minimum Gasteiger partial charge on any atom is -0.486 e. The third-order valence-corrected chi connectivity index (χ3v) is 7.53. The minimum absolute atomic E-state index is 0.178. The molecule has 26 heavy (non-hydrogen) atoms. The molecular formula is C18H18N2O4S2. The summed E-state index contributed by atoms with van der Waals surface area (Å²) >= 11 is 1.51. The van der Waals surface area contributed by atoms with Crippen molar-refractivity contribution >= 4 is 31.6 Å². The highest BCUT2D eigenvalue weighted by Gasteiger charge is 2.29. The molecule has 6 nitrogen and oxygen atoms in total. The molecule has 4 rings (SSSR count). The van der Waals surface area contributed by atoms with E-state index >= 15 is 0 Å². The van der Waals surface area contributed by atoms with Gasteiger partial charge in [-0.2, -0.15) is 4.31 Å². The summed E-state index contributed by atoms with van der Waals surface area (Å²) in [5.41, 5.74) is 0.879. The van der Waals surface area contributed by atoms with E-state index in [1.54, 1.807) is 19.2 Å². The van der Waals surface area contributed by atoms with Gasteiger partial charge in [0, 0.05) is 13.1 Å². The zero-order valence-corrected chi connectivity index (χ0v) is 16.0. The monoisotopic (exact) mass is 390 g/mol. The van der Waals surface area contributed by atoms with Crippen LogP contribution in [-0.4, -0.2) is 38.0 Å². The average molecular weight is 390 g/mol. The molecule has 0 bridgehead atoms. The van der Waals surface area contributed by atoms with Gasteiger partial charge in [-0.15, -0.1) is 11.3 Å². The van der Waals surface area contributed by atoms with Crippen LogP contribution < -0.4 is 9.47 Å². The Hall–Kier alpha value is -2.16. The lowest BCUT2D eigenvalue weighted by molar-refractivity contribution is 0.171. The number of thiazole rings is 1. The van der Waals surface area contributed by atoms with Gasteiger partial charge in [0.05, 0.1) is 21.2 Å². The summed E-state index contributed by atoms with van der Waals surface area (Å²) in [4.78, 5) is 4.76. The Labute approximate surface area is 156 Å². The van der Waals surface area contributed by atoms with Gasteiger partial charge in [-0.05, 0) is 31.2 Å². The zero-order valence-electron chi connectivity index (χ0n) is 14.4. The first kappa shape index (κ1) is 17.3. The van der Waals surface area contributed by atoms with Crippen LogP contribution in [0.4, 0.5) is 0 Å². The third-order valence-electron chi connectivity index (χ3n) is 4.40. The van der Waals surface area contributed by atoms with E-state index in [-0.39, 0.29) is 10.9 Å². The van der Waals surface area contributed by atoms with Gasteiger partial charge in [0.2, 0.25) is 10.0 Å². The van der Waals surface area contributed by atoms with E-state index in [0.29, 0.717) is 24.7 Å². The molecule has 2 aromatic carbocycles. The van der Waals surface area contributed by atoms with E-state index in [1.165, 1.54) is 21.7 Å². The highest BCUT2D eigenvalue weighted by molar-refractivity contribution is 7.89. The van der Waals surface area contributed by atoms with Gasteiger partial charge >= 0.3 is 0 Å². The van der Waals surface area contributed by atoms with Crippen molar-refractivity contribution in [3.8, 4) is 11.5 Å². The van der Waals surface area contributed by atoms with Crippen molar-refractivity contribution in [2.75, 3.05) is 20.3 Å². The fourth-order valence-corrected chi connectivity index (χ4v) is 5.26. The standard InChI is InChI=1S/C18H18N2O4S2/c1-12(18-19-14-5-3-4-6-17(14)25-18)20(2)26(21,22)13-7-8-15-16(11-13)24-10-9-23-15/h3-8,11-12H,9-10H2,1-2H3/t12-/m1/s1. The summed E-state index contributed by atoms with van der Waals surface area (Å²) in [5, 5.41) is 0.759. The van der Waals surface area contributed by atoms with Gasteiger partial charge in [-0.25, -0.2) is 13.4 Å². The number of hydrogen-bond donors (Lipinski definition) is 0. The topological polar surface area (TPSA) is 68.7 Å². The van der Waals surface area contributed by atoms with E-state index in [9.17, 15) is 8.42 Å². The van der Waals surface area contributed by atoms with Crippen LogP contribution in [0.2, 0.25) is 0 Å². The quantitative estimate of drug-likeness (QED) is 0.682. The molecule has 1 aromatic heterocycles. The Kier molecular flexibility index (Phi) is 4.34. The van der Waals surface area contributed by atoms with Crippen LogP contribution in [0.5, 0.6) is 11.5 Å². The maximum Gasteiger partial charge on any atom is 0.243 e. The SMILES string of the molecule is C[C@H](c1nc2ccccc2s1)N(C)S(=O)(=O)c1ccc2c(c1)OCCO2. The van der Waals surface area contributed by atoms with E-state index in [0.717, 1.165) is 15.2 Å². The van der Waals surface area contributed by atoms with E-state index < -0.39 is 10.0 Å². The Balaban J connectivity index is 1.66. The van der Waals surface area contributed by atoms with Crippen molar-refractivity contribution in [3.63, 3.8) is 0 Å². The summed E-state index contributed by atoms with van der Waals surface area (Å²) in [6.07, 6.45) is 0. The molecule has 1 atom stereocenters. The predicted octanol–water partition coefficient (Wildman–Crippen LogP) is 3.45. The second-order valence-electron chi connectivity index (χ2n) is 6.02. The van der Waals surface area contributed by atoms with Gasteiger partial charge in [0.25, 0.3) is 0 Å². The molecule has 0 radical (unpaired) electrons. The number of nitrogens with zero attached hydrogens (tertiary/aromatic N) is 2. The number of benzene rings is 2. The van der Waals surface area contributed by atoms with Gasteiger partial charge in [0.1, 0.15) is 18.2 Å². The lowest BCUT2D eigenvalue weighted by Gasteiger charge is -2.24. The molecule has 0 amide bonds. The largest absolute Gasteiger partial charge is 0.486 e. The number of sulfonamides is 1. The van der Waals surface area contributed by atoms with Crippen LogP contribution in [0.1, 0.15) is 18.0 Å². The van der Waals surface area contributed by atoms with Crippen molar-refractivity contribution in [2.45, 2.75) is 17.9 Å². The maximum atomic E-state index is 13.1. The molecule has 0 aliphatic carbocycles. The van der Waals surface area contributed by atoms with Crippen LogP contribution in [0.15, 0.2) is 47.4 Å². The molecule has 0 fully saturated rings. The van der Waals surface area contributed by atoms with E-state index in [2.05, 4.69) is 4.98 Å². The molecular weight excluding hydrogens is 372 g/mol. The molecule has 136 valence electrons. The van der Waals surface area contributed by atoms with Gasteiger partial charge < -0.3 is 9.47 Å². The molecule has 8 heteroatoms. The van der Waals surface area contributed by atoms with Crippen molar-refractivity contribution in [2.24, 2.45) is 0 Å². The highest BCUT2D eigenvalue weighted by atomic mass is 32.2. The lowest BCUT2D eigenvalue weighted by Crippen LogP contribution is -2.30. The van der Waals surface area contributed by atoms with Crippen LogP contribution in [0.25, 0.3) is 10.2 Å². The smallest absolute Gasteiger partial charge is 0.243 e. The van der Waals surface area contributed by atoms with Gasteiger partial charge in [-0.1, -0.05) is 12.1 Å². The molecule has 0 saturated heterocycles. The molecule has 1 aliphatic heterocycles. The Morgan fingerprint density at radius 1 is 1.12 bits per heavy atom. The molecule has 0 unspecified atom stereocenters. The summed E-state index contributed by atoms with van der Waals surface area (Å²) in [6.45, 7) is 2.72. The fraction of sp³-hybridized carbons (Fsp3) is 0.278. The summed E-state index contributed by atoms with van der Waals surface area (Å²) in [7, 11) is -2.12. The molecule has 0 N–H and O–H groups in total. The first-order valence-electron chi connectivity index (χ1n) is 8.20. The summed E-state index contributed by atoms with van der Waals surface area (Å²) < 4.78 is 39.5. The maximum absolute atomic E-state index is 13.1. The van der Waals surface area contributed by atoms with E-state index in [4.69, 9.17) is 9.47 Å². The first-order chi connectivity index (χ1) is 12.5. The van der Waals surface area contributed by atoms with Crippen LogP contribution in [0.3, 0.4) is 0 Å². The lowest BCUT2D eigenvalue weighted by atomic mass is 10.3. The second-order valence-corrected chi connectivity index (χ2v) is 9.08. The van der Waals surface area contributed by atoms with Crippen LogP contribution >= 0.6 is 11.3 Å². The van der Waals surface area contributed by atoms with Gasteiger partial charge in [0.15, 0.2) is 11.5 Å². The van der Waals surface area contributed by atoms with Crippen LogP contribution in [0, 0.1) is 0 Å². The normalized spacial score (nSPS) is 15.3. The number of rotatable bonds is 4. The van der Waals surface area contributed by atoms with E-state index in [1.807, 2.05) is 31.2 Å². The first-order valence-corrected chi connectivity index (χ1v) is 10.5. The van der Waals surface area contributed by atoms with Gasteiger partial charge in [-0.3, -0.25) is 0 Å². The summed E-state index contributed by atoms with van der Waals surface area (Å²) in [5.74, 6) is 1.02. The van der Waals surface area contributed by atoms with Crippen molar-refractivity contribution < 1.29 is 17.9 Å². The number of hydrogen-bond acceptors (Lipinski definition) is 6. The second kappa shape index (κ2) is 6.53. The average Bonchev–Trinajstić information content (AvgIpc) is 3.10. The molecule has 1 aliphatic rings. The molecule has 2 heterocycles. The zero-order chi connectivity index (χ0) is 18.3. The Morgan fingerprint density at radius 3 is 2.62 bits per heavy atom. The Morgan fingerprint density at radius 2 is 1.85 bits per heavy atom. The van der Waals surface area contributed by atoms with Crippen molar-refractivity contribution in [3.05, 3.63) is 47.5 Å². The predicted molar refractivity (Wildman–Crippen MR) is 100 cm³/mol. The van der Waals surface area contributed by atoms with Crippen LogP contribution in [-0.2, 0) is 10.0 Å². The molecule has 3 aromatic rings. The number of para-hydroxylation sites is 1. The fourth-order valence-electron chi connectivity index (χ4n) is 2.78. The minimum atomic E-state index is -3.69. The molecule has 0 spiro atoms. The highest BCUT2D eigenvalue weighted by Crippen LogP contribution is 2.35. The van der Waals surface area contributed by atoms with Crippen molar-refractivity contribution in [1.82, 2.24) is 9.29 Å². The number of aromatic nitrogens is 1. The third kappa shape index (κ3) is 2.94.